The van der Waals surface area contributed by atoms with Gasteiger partial charge in [0.2, 0.25) is 0 Å². The lowest BCUT2D eigenvalue weighted by molar-refractivity contribution is 0.0953. The molecule has 0 radical (unpaired) electrons. The van der Waals surface area contributed by atoms with Crippen LogP contribution in [-0.2, 0) is 0 Å². The minimum atomic E-state index is -0.372. The van der Waals surface area contributed by atoms with Gasteiger partial charge in [0.1, 0.15) is 5.82 Å². The molecule has 5 heteroatoms. The van der Waals surface area contributed by atoms with Crippen LogP contribution in [0.2, 0.25) is 0 Å². The first-order chi connectivity index (χ1) is 7.54. The first-order valence-electron chi connectivity index (χ1n) is 4.92. The molecule has 1 rings (SSSR count). The Labute approximate surface area is 111 Å². The average molecular weight is 353 g/mol. The van der Waals surface area contributed by atoms with Crippen molar-refractivity contribution >= 4 is 37.8 Å². The van der Waals surface area contributed by atoms with E-state index in [0.29, 0.717) is 16.6 Å². The molecule has 0 bridgehead atoms. The highest BCUT2D eigenvalue weighted by molar-refractivity contribution is 9.10. The topological polar surface area (TPSA) is 29.1 Å². The number of nitrogens with one attached hydrogen (secondary N) is 1. The Kier molecular flexibility index (Phi) is 5.41. The molecular weight excluding hydrogens is 341 g/mol. The number of carbonyl (C=O) groups is 1. The number of hydrogen-bond donors (Lipinski definition) is 1. The van der Waals surface area contributed by atoms with Gasteiger partial charge in [-0.1, -0.05) is 22.9 Å². The largest absolute Gasteiger partial charge is 0.351 e. The van der Waals surface area contributed by atoms with E-state index in [1.807, 2.05) is 6.92 Å². The summed E-state index contributed by atoms with van der Waals surface area (Å²) < 4.78 is 13.2. The highest BCUT2D eigenvalue weighted by Crippen LogP contribution is 2.16. The Morgan fingerprint density at radius 1 is 1.56 bits per heavy atom. The molecule has 1 unspecified atom stereocenters. The minimum Gasteiger partial charge on any atom is -0.351 e. The number of halogens is 3. The average Bonchev–Trinajstić information content (AvgIpc) is 2.29. The zero-order chi connectivity index (χ0) is 12.1. The number of alkyl halides is 1. The number of benzene rings is 1. The van der Waals surface area contributed by atoms with Gasteiger partial charge in [-0.3, -0.25) is 4.79 Å². The molecule has 0 fully saturated rings. The van der Waals surface area contributed by atoms with Crippen molar-refractivity contribution in [2.75, 3.05) is 6.54 Å². The molecule has 0 spiro atoms. The van der Waals surface area contributed by atoms with E-state index in [2.05, 4.69) is 37.2 Å². The second kappa shape index (κ2) is 6.35. The monoisotopic (exact) mass is 351 g/mol. The van der Waals surface area contributed by atoms with Crippen molar-refractivity contribution in [1.82, 2.24) is 5.32 Å². The molecule has 16 heavy (non-hydrogen) atoms. The second-order valence-electron chi connectivity index (χ2n) is 3.34. The van der Waals surface area contributed by atoms with Crippen molar-refractivity contribution in [1.29, 1.82) is 0 Å². The summed E-state index contributed by atoms with van der Waals surface area (Å²) in [5.41, 5.74) is 0.448. The Balaban J connectivity index is 2.63. The number of hydrogen-bond acceptors (Lipinski definition) is 1. The maximum Gasteiger partial charge on any atom is 0.251 e. The number of rotatable bonds is 4. The SMILES string of the molecule is CCC(Br)CNC(=O)c1ccc(F)c(Br)c1. The van der Waals surface area contributed by atoms with Crippen molar-refractivity contribution in [2.24, 2.45) is 0 Å². The van der Waals surface area contributed by atoms with Gasteiger partial charge in [0.05, 0.1) is 4.47 Å². The van der Waals surface area contributed by atoms with Gasteiger partial charge >= 0.3 is 0 Å². The molecule has 0 aliphatic carbocycles. The van der Waals surface area contributed by atoms with Crippen molar-refractivity contribution in [3.05, 3.63) is 34.1 Å². The quantitative estimate of drug-likeness (QED) is 0.825. The number of carbonyl (C=O) groups excluding carboxylic acids is 1. The van der Waals surface area contributed by atoms with Crippen LogP contribution in [0.5, 0.6) is 0 Å². The molecule has 1 N–H and O–H groups in total. The smallest absolute Gasteiger partial charge is 0.251 e. The van der Waals surface area contributed by atoms with Crippen molar-refractivity contribution in [3.8, 4) is 0 Å². The zero-order valence-corrected chi connectivity index (χ0v) is 11.9. The first-order valence-corrected chi connectivity index (χ1v) is 6.62. The molecule has 1 aromatic carbocycles. The summed E-state index contributed by atoms with van der Waals surface area (Å²) in [6.45, 7) is 2.59. The third kappa shape index (κ3) is 3.87. The van der Waals surface area contributed by atoms with Gasteiger partial charge in [0, 0.05) is 16.9 Å². The van der Waals surface area contributed by atoms with Gasteiger partial charge in [-0.25, -0.2) is 4.39 Å². The Morgan fingerprint density at radius 3 is 2.81 bits per heavy atom. The Morgan fingerprint density at radius 2 is 2.25 bits per heavy atom. The normalized spacial score (nSPS) is 12.2. The summed E-state index contributed by atoms with van der Waals surface area (Å²) in [6, 6.07) is 4.20. The molecular formula is C11H12Br2FNO. The summed E-state index contributed by atoms with van der Waals surface area (Å²) >= 11 is 6.46. The molecule has 0 aliphatic heterocycles. The Hall–Kier alpha value is -0.420. The molecule has 1 aromatic rings. The summed E-state index contributed by atoms with van der Waals surface area (Å²) in [5, 5.41) is 2.77. The van der Waals surface area contributed by atoms with E-state index in [0.717, 1.165) is 6.42 Å². The van der Waals surface area contributed by atoms with Gasteiger partial charge in [-0.15, -0.1) is 0 Å². The molecule has 88 valence electrons. The van der Waals surface area contributed by atoms with Gasteiger partial charge in [0.25, 0.3) is 5.91 Å². The van der Waals surface area contributed by atoms with E-state index in [-0.39, 0.29) is 16.6 Å². The third-order valence-electron chi connectivity index (χ3n) is 2.11. The molecule has 0 aliphatic rings. The maximum atomic E-state index is 12.9. The summed E-state index contributed by atoms with van der Waals surface area (Å²) in [6.07, 6.45) is 0.938. The van der Waals surface area contributed by atoms with Crippen molar-refractivity contribution < 1.29 is 9.18 Å². The standard InChI is InChI=1S/C11H12Br2FNO/c1-2-8(12)6-15-11(16)7-3-4-10(14)9(13)5-7/h3-5,8H,2,6H2,1H3,(H,15,16). The van der Waals surface area contributed by atoms with E-state index in [1.165, 1.54) is 18.2 Å². The molecule has 0 heterocycles. The van der Waals surface area contributed by atoms with Gasteiger partial charge in [-0.05, 0) is 40.5 Å². The van der Waals surface area contributed by atoms with Crippen LogP contribution in [0, 0.1) is 5.82 Å². The van der Waals surface area contributed by atoms with E-state index >= 15 is 0 Å². The first kappa shape index (κ1) is 13.6. The van der Waals surface area contributed by atoms with Crippen LogP contribution in [0.3, 0.4) is 0 Å². The van der Waals surface area contributed by atoms with Crippen LogP contribution < -0.4 is 5.32 Å². The molecule has 1 atom stereocenters. The van der Waals surface area contributed by atoms with Crippen molar-refractivity contribution in [3.63, 3.8) is 0 Å². The molecule has 1 amide bonds. The van der Waals surface area contributed by atoms with E-state index in [1.54, 1.807) is 0 Å². The number of amides is 1. The molecule has 0 saturated carbocycles. The van der Waals surface area contributed by atoms with Crippen LogP contribution in [0.15, 0.2) is 22.7 Å². The van der Waals surface area contributed by atoms with Crippen LogP contribution >= 0.6 is 31.9 Å². The maximum absolute atomic E-state index is 12.9. The summed E-state index contributed by atoms with van der Waals surface area (Å²) in [4.78, 5) is 11.9. The lowest BCUT2D eigenvalue weighted by Crippen LogP contribution is -2.29. The molecule has 0 saturated heterocycles. The Bertz CT molecular complexity index is 384. The van der Waals surface area contributed by atoms with E-state index < -0.39 is 0 Å². The fraction of sp³-hybridized carbons (Fsp3) is 0.364. The molecule has 2 nitrogen and oxygen atoms in total. The van der Waals surface area contributed by atoms with E-state index in [4.69, 9.17) is 0 Å². The predicted molar refractivity (Wildman–Crippen MR) is 69.4 cm³/mol. The highest BCUT2D eigenvalue weighted by atomic mass is 79.9. The van der Waals surface area contributed by atoms with Gasteiger partial charge < -0.3 is 5.32 Å². The van der Waals surface area contributed by atoms with Crippen LogP contribution in [0.25, 0.3) is 0 Å². The van der Waals surface area contributed by atoms with Gasteiger partial charge in [-0.2, -0.15) is 0 Å². The minimum absolute atomic E-state index is 0.196. The van der Waals surface area contributed by atoms with Crippen LogP contribution in [0.4, 0.5) is 4.39 Å². The fourth-order valence-electron chi connectivity index (χ4n) is 1.09. The lowest BCUT2D eigenvalue weighted by atomic mass is 10.2. The van der Waals surface area contributed by atoms with Crippen LogP contribution in [-0.4, -0.2) is 17.3 Å². The summed E-state index contributed by atoms with van der Waals surface area (Å²) in [7, 11) is 0. The predicted octanol–water partition coefficient (Wildman–Crippen LogP) is 3.49. The van der Waals surface area contributed by atoms with Crippen LogP contribution in [0.1, 0.15) is 23.7 Å². The third-order valence-corrected chi connectivity index (χ3v) is 3.69. The summed E-state index contributed by atoms with van der Waals surface area (Å²) in [5.74, 6) is -0.568. The van der Waals surface area contributed by atoms with Gasteiger partial charge in [0.15, 0.2) is 0 Å². The lowest BCUT2D eigenvalue weighted by Gasteiger charge is -2.09. The molecule has 0 aromatic heterocycles. The second-order valence-corrected chi connectivity index (χ2v) is 5.49. The fourth-order valence-corrected chi connectivity index (χ4v) is 1.63. The highest BCUT2D eigenvalue weighted by Gasteiger charge is 2.09. The van der Waals surface area contributed by atoms with E-state index in [9.17, 15) is 9.18 Å². The zero-order valence-electron chi connectivity index (χ0n) is 8.77. The van der Waals surface area contributed by atoms with Crippen molar-refractivity contribution in [2.45, 2.75) is 18.2 Å².